The maximum absolute atomic E-state index is 12.8. The van der Waals surface area contributed by atoms with E-state index in [1.54, 1.807) is 0 Å². The van der Waals surface area contributed by atoms with Crippen molar-refractivity contribution >= 4 is 19.8 Å². The van der Waals surface area contributed by atoms with Crippen LogP contribution in [0.2, 0.25) is 0 Å². The minimum atomic E-state index is -4.40. The van der Waals surface area contributed by atoms with Crippen LogP contribution in [-0.4, -0.2) is 49.3 Å². The predicted octanol–water partition coefficient (Wildman–Crippen LogP) is 27.9. The molecule has 0 aliphatic heterocycles. The highest BCUT2D eigenvalue weighted by molar-refractivity contribution is 7.47. The molecule has 0 heterocycles. The van der Waals surface area contributed by atoms with Gasteiger partial charge in [0.2, 0.25) is 0 Å². The number of esters is 2. The van der Waals surface area contributed by atoms with Gasteiger partial charge in [0.15, 0.2) is 6.10 Å². The zero-order valence-electron chi connectivity index (χ0n) is 63.9. The number of hydrogen-bond donors (Lipinski definition) is 2. The first kappa shape index (κ1) is 94.6. The van der Waals surface area contributed by atoms with Crippen molar-refractivity contribution in [1.82, 2.24) is 0 Å². The maximum atomic E-state index is 12.8. The van der Waals surface area contributed by atoms with Gasteiger partial charge in [-0.1, -0.05) is 384 Å². The Kier molecular flexibility index (Phi) is 78.9. The van der Waals surface area contributed by atoms with E-state index in [4.69, 9.17) is 24.3 Å². The van der Waals surface area contributed by atoms with Crippen LogP contribution in [0.4, 0.5) is 0 Å². The largest absolute Gasteiger partial charge is 0.472 e. The molecule has 0 fully saturated rings. The third-order valence-electron chi connectivity index (χ3n) is 17.4. The van der Waals surface area contributed by atoms with E-state index in [1.165, 1.54) is 205 Å². The van der Waals surface area contributed by atoms with Gasteiger partial charge in [-0.15, -0.1) is 0 Å². The predicted molar refractivity (Wildman–Crippen MR) is 431 cm³/mol. The quantitative estimate of drug-likeness (QED) is 0.0264. The van der Waals surface area contributed by atoms with E-state index in [-0.39, 0.29) is 38.6 Å². The van der Waals surface area contributed by atoms with Crippen LogP contribution in [0.3, 0.4) is 0 Å². The Morgan fingerprint density at radius 1 is 0.303 bits per heavy atom. The number of carbonyl (C=O) groups is 2. The van der Waals surface area contributed by atoms with E-state index >= 15 is 0 Å². The van der Waals surface area contributed by atoms with Crippen LogP contribution < -0.4 is 5.73 Å². The molecule has 0 radical (unpaired) electrons. The molecule has 0 aromatic rings. The smallest absolute Gasteiger partial charge is 0.462 e. The molecule has 566 valence electrons. The topological polar surface area (TPSA) is 134 Å². The van der Waals surface area contributed by atoms with Crippen LogP contribution >= 0.6 is 7.82 Å². The lowest BCUT2D eigenvalue weighted by Gasteiger charge is -2.19. The molecular weight excluding hydrogens is 1240 g/mol. The Balaban J connectivity index is 3.81. The first-order chi connectivity index (χ1) is 48.8. The Hall–Kier alpha value is -4.37. The molecule has 2 atom stereocenters. The number of allylic oxidation sites excluding steroid dienone is 26. The molecule has 9 nitrogen and oxygen atoms in total. The van der Waals surface area contributed by atoms with Crippen LogP contribution in [0.5, 0.6) is 0 Å². The summed E-state index contributed by atoms with van der Waals surface area (Å²) < 4.78 is 33.3. The first-order valence-electron chi connectivity index (χ1n) is 41.0. The second kappa shape index (κ2) is 82.6. The fourth-order valence-corrected chi connectivity index (χ4v) is 12.2. The van der Waals surface area contributed by atoms with Crippen molar-refractivity contribution in [2.75, 3.05) is 26.4 Å². The minimum Gasteiger partial charge on any atom is -0.462 e. The lowest BCUT2D eigenvalue weighted by molar-refractivity contribution is -0.161. The molecule has 0 aromatic heterocycles. The van der Waals surface area contributed by atoms with Crippen molar-refractivity contribution < 1.29 is 37.6 Å². The van der Waals surface area contributed by atoms with Crippen molar-refractivity contribution in [2.45, 2.75) is 367 Å². The average molecular weight is 1400 g/mol. The molecule has 10 heteroatoms. The molecule has 0 aromatic carbocycles. The van der Waals surface area contributed by atoms with E-state index in [0.29, 0.717) is 6.42 Å². The summed E-state index contributed by atoms with van der Waals surface area (Å²) in [4.78, 5) is 35.5. The molecule has 0 aliphatic carbocycles. The second-order valence-electron chi connectivity index (χ2n) is 26.9. The number of nitrogens with two attached hydrogens (primary N) is 1. The fraction of sp³-hybridized carbons (Fsp3) is 0.685. The maximum Gasteiger partial charge on any atom is 0.472 e. The Bertz CT molecular complexity index is 2190. The zero-order chi connectivity index (χ0) is 71.5. The fourth-order valence-electron chi connectivity index (χ4n) is 11.4. The molecule has 2 unspecified atom stereocenters. The van der Waals surface area contributed by atoms with E-state index in [1.807, 2.05) is 0 Å². The summed E-state index contributed by atoms with van der Waals surface area (Å²) >= 11 is 0. The Morgan fingerprint density at radius 3 is 0.778 bits per heavy atom. The molecule has 0 spiro atoms. The van der Waals surface area contributed by atoms with Gasteiger partial charge in [-0.3, -0.25) is 18.6 Å². The molecule has 0 rings (SSSR count). The van der Waals surface area contributed by atoms with E-state index in [2.05, 4.69) is 172 Å². The summed E-state index contributed by atoms with van der Waals surface area (Å²) in [5, 5.41) is 0. The van der Waals surface area contributed by atoms with Crippen molar-refractivity contribution in [3.63, 3.8) is 0 Å². The van der Waals surface area contributed by atoms with E-state index < -0.39 is 26.5 Å². The van der Waals surface area contributed by atoms with Gasteiger partial charge in [0.25, 0.3) is 0 Å². The number of unbranched alkanes of at least 4 members (excludes halogenated alkanes) is 37. The highest BCUT2D eigenvalue weighted by Crippen LogP contribution is 2.43. The lowest BCUT2D eigenvalue weighted by Crippen LogP contribution is -2.29. The summed E-state index contributed by atoms with van der Waals surface area (Å²) in [7, 11) is -4.40. The highest BCUT2D eigenvalue weighted by atomic mass is 31.2. The van der Waals surface area contributed by atoms with Crippen molar-refractivity contribution in [1.29, 1.82) is 0 Å². The van der Waals surface area contributed by atoms with Gasteiger partial charge in [-0.05, 0) is 122 Å². The summed E-state index contributed by atoms with van der Waals surface area (Å²) in [5.74, 6) is -0.817. The molecule has 3 N–H and O–H groups in total. The molecule has 0 bridgehead atoms. The number of rotatable bonds is 76. The number of phosphoric acid groups is 1. The Labute approximate surface area is 610 Å². The van der Waals surface area contributed by atoms with Crippen molar-refractivity contribution in [2.24, 2.45) is 5.73 Å². The van der Waals surface area contributed by atoms with E-state index in [9.17, 15) is 19.0 Å². The second-order valence-corrected chi connectivity index (χ2v) is 28.3. The molecule has 0 saturated heterocycles. The molecular formula is C89H152NO8P. The van der Waals surface area contributed by atoms with Gasteiger partial charge in [-0.2, -0.15) is 0 Å². The normalized spacial score (nSPS) is 13.7. The van der Waals surface area contributed by atoms with Crippen LogP contribution in [0.1, 0.15) is 361 Å². The average Bonchev–Trinajstić information content (AvgIpc) is 1.19. The van der Waals surface area contributed by atoms with Gasteiger partial charge in [0, 0.05) is 19.4 Å². The lowest BCUT2D eigenvalue weighted by atomic mass is 10.0. The van der Waals surface area contributed by atoms with Crippen LogP contribution in [0.15, 0.2) is 158 Å². The minimum absolute atomic E-state index is 0.0503. The number of hydrogen-bond acceptors (Lipinski definition) is 8. The Morgan fingerprint density at radius 2 is 0.525 bits per heavy atom. The van der Waals surface area contributed by atoms with Crippen molar-refractivity contribution in [3.8, 4) is 0 Å². The summed E-state index contributed by atoms with van der Waals surface area (Å²) in [5.41, 5.74) is 5.42. The zero-order valence-corrected chi connectivity index (χ0v) is 64.8. The van der Waals surface area contributed by atoms with Gasteiger partial charge in [0.1, 0.15) is 6.61 Å². The molecule has 0 aliphatic rings. The monoisotopic (exact) mass is 1390 g/mol. The first-order valence-corrected chi connectivity index (χ1v) is 42.5. The summed E-state index contributed by atoms with van der Waals surface area (Å²) in [6.07, 6.45) is 121. The van der Waals surface area contributed by atoms with Gasteiger partial charge in [-0.25, -0.2) is 4.57 Å². The van der Waals surface area contributed by atoms with Crippen LogP contribution in [-0.2, 0) is 32.7 Å². The number of ether oxygens (including phenoxy) is 2. The van der Waals surface area contributed by atoms with Crippen molar-refractivity contribution in [3.05, 3.63) is 158 Å². The summed E-state index contributed by atoms with van der Waals surface area (Å²) in [6.45, 7) is 3.55. The standard InChI is InChI=1S/C89H152NO8P/c1-3-5-7-9-11-13-15-17-19-21-23-25-27-29-31-33-35-37-39-41-42-43-44-46-48-50-52-54-56-58-60-62-64-66-68-70-72-74-76-78-80-82-89(92)98-87(86-97-99(93,94)96-84-83-90)85-95-88(91)81-79-77-75-73-71-69-67-65-63-61-59-57-55-53-51-49-47-45-40-38-36-34-32-30-28-26-24-22-20-18-16-14-12-10-8-6-4-2/h5-8,11-14,17-20,23-26,29-32,35-38,41-42,87H,3-4,9-10,15-16,21-22,27-28,33-34,39-40,43-86,90H2,1-2H3,(H,93,94)/b7-5-,8-6-,13-11-,14-12-,19-17-,20-18-,25-23-,26-24-,31-29-,32-30-,37-35-,38-36-,42-41-. The summed E-state index contributed by atoms with van der Waals surface area (Å²) in [6, 6.07) is 0. The number of carbonyl (C=O) groups excluding carboxylic acids is 2. The third kappa shape index (κ3) is 82.5. The van der Waals surface area contributed by atoms with Gasteiger partial charge < -0.3 is 20.1 Å². The van der Waals surface area contributed by atoms with Gasteiger partial charge in [0.05, 0.1) is 13.2 Å². The SMILES string of the molecule is CC/C=C\C/C=C\C/C=C\C/C=C\C/C=C\C/C=C\C/C=C\CCCCCCCCCCCCCCCCCCCCCC(=O)OC(COC(=O)CCCCCCCCCCCCCCCCCCCC/C=C\C/C=C\C/C=C\C/C=C\C/C=C\C/C=C\CC)COP(=O)(O)OCCN. The molecule has 99 heavy (non-hydrogen) atoms. The van der Waals surface area contributed by atoms with E-state index in [0.717, 1.165) is 122 Å². The van der Waals surface area contributed by atoms with Gasteiger partial charge >= 0.3 is 19.8 Å². The third-order valence-corrected chi connectivity index (χ3v) is 18.4. The van der Waals surface area contributed by atoms with Crippen LogP contribution in [0.25, 0.3) is 0 Å². The highest BCUT2D eigenvalue weighted by Gasteiger charge is 2.26. The number of phosphoric ester groups is 1. The molecule has 0 amide bonds. The molecule has 0 saturated carbocycles. The van der Waals surface area contributed by atoms with Crippen LogP contribution in [0, 0.1) is 0 Å².